The first-order chi connectivity index (χ1) is 13.2. The smallest absolute Gasteiger partial charge is 0.283 e. The highest BCUT2D eigenvalue weighted by atomic mass is 32.2. The molecule has 0 fully saturated rings. The van der Waals surface area contributed by atoms with Crippen molar-refractivity contribution < 1.29 is 23.5 Å². The van der Waals surface area contributed by atoms with Crippen molar-refractivity contribution in [2.75, 3.05) is 12.4 Å². The molecule has 1 aliphatic heterocycles. The number of benzene rings is 2. The van der Waals surface area contributed by atoms with Crippen LogP contribution in [0.3, 0.4) is 0 Å². The van der Waals surface area contributed by atoms with E-state index in [9.17, 15) is 9.59 Å². The van der Waals surface area contributed by atoms with Gasteiger partial charge in [-0.1, -0.05) is 36.0 Å². The third-order valence-electron chi connectivity index (χ3n) is 3.73. The van der Waals surface area contributed by atoms with Gasteiger partial charge in [-0.3, -0.25) is 20.4 Å². The van der Waals surface area contributed by atoms with Crippen molar-refractivity contribution in [2.45, 2.75) is 11.3 Å². The zero-order valence-electron chi connectivity index (χ0n) is 14.0. The average molecular weight is 385 g/mol. The van der Waals surface area contributed by atoms with E-state index in [4.69, 9.17) is 13.9 Å². The molecule has 1 aliphatic rings. The number of para-hydroxylation sites is 4. The van der Waals surface area contributed by atoms with Gasteiger partial charge in [0.1, 0.15) is 12.1 Å². The number of ether oxygens (including phenoxy) is 2. The maximum atomic E-state index is 12.1. The number of amides is 2. The Hall–Kier alpha value is -3.20. The molecule has 8 nitrogen and oxygen atoms in total. The van der Waals surface area contributed by atoms with E-state index >= 15 is 0 Å². The summed E-state index contributed by atoms with van der Waals surface area (Å²) in [7, 11) is 0. The Morgan fingerprint density at radius 2 is 1.85 bits per heavy atom. The van der Waals surface area contributed by atoms with E-state index in [0.717, 1.165) is 17.3 Å². The van der Waals surface area contributed by atoms with Crippen molar-refractivity contribution in [3.05, 3.63) is 48.5 Å². The quantitative estimate of drug-likeness (QED) is 0.522. The van der Waals surface area contributed by atoms with E-state index < -0.39 is 17.9 Å². The van der Waals surface area contributed by atoms with Crippen LogP contribution in [0.1, 0.15) is 0 Å². The Kier molecular flexibility index (Phi) is 4.84. The summed E-state index contributed by atoms with van der Waals surface area (Å²) in [5.74, 6) is 0.220. The summed E-state index contributed by atoms with van der Waals surface area (Å²) < 4.78 is 16.6. The van der Waals surface area contributed by atoms with Crippen molar-refractivity contribution in [2.24, 2.45) is 0 Å². The van der Waals surface area contributed by atoms with Gasteiger partial charge in [-0.25, -0.2) is 4.98 Å². The number of nitrogens with one attached hydrogen (secondary N) is 2. The monoisotopic (exact) mass is 385 g/mol. The van der Waals surface area contributed by atoms with Gasteiger partial charge in [-0.15, -0.1) is 0 Å². The minimum Gasteiger partial charge on any atom is -0.485 e. The SMILES string of the molecule is O=C(CSc1nc2ccccc2o1)NNC(=O)[C@@H]1COc2ccccc2O1. The van der Waals surface area contributed by atoms with Gasteiger partial charge in [-0.2, -0.15) is 0 Å². The topological polar surface area (TPSA) is 103 Å². The van der Waals surface area contributed by atoms with Crippen LogP contribution in [-0.2, 0) is 9.59 Å². The molecule has 2 heterocycles. The summed E-state index contributed by atoms with van der Waals surface area (Å²) in [6, 6.07) is 14.4. The van der Waals surface area contributed by atoms with Crippen molar-refractivity contribution in [3.8, 4) is 11.5 Å². The standard InChI is InChI=1S/C18H15N3O5S/c22-16(10-27-18-19-11-5-1-2-6-12(11)26-18)20-21-17(23)15-9-24-13-7-3-4-8-14(13)25-15/h1-8,15H,9-10H2,(H,20,22)(H,21,23)/t15-/m0/s1. The van der Waals surface area contributed by atoms with Crippen LogP contribution >= 0.6 is 11.8 Å². The number of nitrogens with zero attached hydrogens (tertiary/aromatic N) is 1. The highest BCUT2D eigenvalue weighted by Gasteiger charge is 2.27. The van der Waals surface area contributed by atoms with Gasteiger partial charge in [0.25, 0.3) is 11.1 Å². The predicted molar refractivity (Wildman–Crippen MR) is 97.4 cm³/mol. The molecule has 0 unspecified atom stereocenters. The first-order valence-corrected chi connectivity index (χ1v) is 9.13. The molecule has 138 valence electrons. The predicted octanol–water partition coefficient (Wildman–Crippen LogP) is 1.91. The van der Waals surface area contributed by atoms with Gasteiger partial charge in [0, 0.05) is 0 Å². The molecular weight excluding hydrogens is 370 g/mol. The zero-order chi connectivity index (χ0) is 18.6. The molecule has 3 aromatic rings. The molecule has 0 spiro atoms. The number of carbonyl (C=O) groups excluding carboxylic acids is 2. The molecule has 0 bridgehead atoms. The van der Waals surface area contributed by atoms with Crippen molar-refractivity contribution in [3.63, 3.8) is 0 Å². The van der Waals surface area contributed by atoms with Gasteiger partial charge >= 0.3 is 0 Å². The molecule has 2 N–H and O–H groups in total. The number of carbonyl (C=O) groups is 2. The second kappa shape index (κ2) is 7.58. The van der Waals surface area contributed by atoms with Crippen LogP contribution in [0, 0.1) is 0 Å². The molecule has 4 rings (SSSR count). The summed E-state index contributed by atoms with van der Waals surface area (Å²) in [4.78, 5) is 28.3. The van der Waals surface area contributed by atoms with E-state index in [1.807, 2.05) is 24.3 Å². The Balaban J connectivity index is 1.25. The largest absolute Gasteiger partial charge is 0.485 e. The lowest BCUT2D eigenvalue weighted by Crippen LogP contribution is -2.51. The van der Waals surface area contributed by atoms with Crippen LogP contribution in [0.2, 0.25) is 0 Å². The lowest BCUT2D eigenvalue weighted by molar-refractivity contribution is -0.134. The van der Waals surface area contributed by atoms with Crippen LogP contribution in [0.4, 0.5) is 0 Å². The first-order valence-electron chi connectivity index (χ1n) is 8.14. The number of rotatable bonds is 4. The Labute approximate surface area is 158 Å². The Morgan fingerprint density at radius 1 is 1.07 bits per heavy atom. The van der Waals surface area contributed by atoms with E-state index in [0.29, 0.717) is 22.3 Å². The van der Waals surface area contributed by atoms with Crippen LogP contribution in [0.25, 0.3) is 11.1 Å². The maximum Gasteiger partial charge on any atom is 0.283 e. The molecule has 1 aromatic heterocycles. The molecule has 2 amide bonds. The number of oxazole rings is 1. The minimum atomic E-state index is -0.843. The summed E-state index contributed by atoms with van der Waals surface area (Å²) >= 11 is 1.14. The van der Waals surface area contributed by atoms with Gasteiger partial charge in [0.15, 0.2) is 17.1 Å². The fourth-order valence-electron chi connectivity index (χ4n) is 2.44. The number of fused-ring (bicyclic) bond motifs is 2. The average Bonchev–Trinajstić information content (AvgIpc) is 3.13. The summed E-state index contributed by atoms with van der Waals surface area (Å²) in [5.41, 5.74) is 6.06. The fourth-order valence-corrected chi connectivity index (χ4v) is 3.08. The maximum absolute atomic E-state index is 12.1. The number of thioether (sulfide) groups is 1. The van der Waals surface area contributed by atoms with E-state index in [1.165, 1.54) is 0 Å². The molecule has 0 aliphatic carbocycles. The molecule has 27 heavy (non-hydrogen) atoms. The molecule has 1 atom stereocenters. The third kappa shape index (κ3) is 3.98. The summed E-state index contributed by atoms with van der Waals surface area (Å²) in [6.07, 6.45) is -0.843. The molecule has 0 saturated heterocycles. The van der Waals surface area contributed by atoms with E-state index in [-0.39, 0.29) is 12.4 Å². The molecule has 9 heteroatoms. The molecule has 0 radical (unpaired) electrons. The van der Waals surface area contributed by atoms with Gasteiger partial charge in [-0.05, 0) is 24.3 Å². The molecule has 2 aromatic carbocycles. The molecule has 0 saturated carbocycles. The van der Waals surface area contributed by atoms with E-state index in [1.54, 1.807) is 24.3 Å². The van der Waals surface area contributed by atoms with Crippen LogP contribution in [0.15, 0.2) is 58.2 Å². The number of aromatic nitrogens is 1. The number of hydrogen-bond acceptors (Lipinski definition) is 7. The fraction of sp³-hybridized carbons (Fsp3) is 0.167. The summed E-state index contributed by atoms with van der Waals surface area (Å²) in [6.45, 7) is 0.0658. The molecular formula is C18H15N3O5S. The van der Waals surface area contributed by atoms with Crippen LogP contribution in [-0.4, -0.2) is 35.3 Å². The number of hydrogen-bond donors (Lipinski definition) is 2. The van der Waals surface area contributed by atoms with Crippen LogP contribution < -0.4 is 20.3 Å². The van der Waals surface area contributed by atoms with Crippen molar-refractivity contribution >= 4 is 34.7 Å². The third-order valence-corrected chi connectivity index (χ3v) is 4.56. The van der Waals surface area contributed by atoms with Gasteiger partial charge < -0.3 is 13.9 Å². The van der Waals surface area contributed by atoms with Crippen molar-refractivity contribution in [1.82, 2.24) is 15.8 Å². The normalized spacial score (nSPS) is 15.3. The number of hydrazine groups is 1. The lowest BCUT2D eigenvalue weighted by Gasteiger charge is -2.25. The minimum absolute atomic E-state index is 0.0396. The first kappa shape index (κ1) is 17.2. The second-order valence-electron chi connectivity index (χ2n) is 5.64. The second-order valence-corrected chi connectivity index (χ2v) is 6.56. The highest BCUT2D eigenvalue weighted by Crippen LogP contribution is 2.30. The van der Waals surface area contributed by atoms with Gasteiger partial charge in [0.05, 0.1) is 5.75 Å². The van der Waals surface area contributed by atoms with Crippen molar-refractivity contribution in [1.29, 1.82) is 0 Å². The Morgan fingerprint density at radius 3 is 2.70 bits per heavy atom. The van der Waals surface area contributed by atoms with Crippen LogP contribution in [0.5, 0.6) is 11.5 Å². The lowest BCUT2D eigenvalue weighted by atomic mass is 10.2. The van der Waals surface area contributed by atoms with Gasteiger partial charge in [0.2, 0.25) is 12.0 Å². The Bertz CT molecular complexity index is 957. The summed E-state index contributed by atoms with van der Waals surface area (Å²) in [5, 5.41) is 0.387. The zero-order valence-corrected chi connectivity index (χ0v) is 14.8. The van der Waals surface area contributed by atoms with E-state index in [2.05, 4.69) is 15.8 Å². The highest BCUT2D eigenvalue weighted by molar-refractivity contribution is 7.99.